The number of aromatic nitrogens is 4. The lowest BCUT2D eigenvalue weighted by Crippen LogP contribution is -2.01. The van der Waals surface area contributed by atoms with Gasteiger partial charge in [-0.1, -0.05) is 12.1 Å². The summed E-state index contributed by atoms with van der Waals surface area (Å²) >= 11 is 0. The van der Waals surface area contributed by atoms with E-state index in [1.54, 1.807) is 6.20 Å². The van der Waals surface area contributed by atoms with Crippen molar-refractivity contribution >= 4 is 23.3 Å². The van der Waals surface area contributed by atoms with Crippen molar-refractivity contribution in [3.8, 4) is 11.5 Å². The number of nitrogens with one attached hydrogen (secondary N) is 2. The Morgan fingerprint density at radius 2 is 2.00 bits per heavy atom. The van der Waals surface area contributed by atoms with E-state index in [-0.39, 0.29) is 0 Å². The molecule has 2 aromatic heterocycles. The number of hydrogen-bond donors (Lipinski definition) is 2. The molecule has 0 atom stereocenters. The molecule has 0 radical (unpaired) electrons. The Balaban J connectivity index is 2.16. The van der Waals surface area contributed by atoms with Crippen LogP contribution in [0.4, 0.5) is 5.82 Å². The van der Waals surface area contributed by atoms with Crippen molar-refractivity contribution in [1.29, 1.82) is 0 Å². The van der Waals surface area contributed by atoms with Gasteiger partial charge < -0.3 is 10.3 Å². The lowest BCUT2D eigenvalue weighted by Gasteiger charge is -2.01. The number of carbonyl (C=O) groups excluding carboxylic acids is 1. The summed E-state index contributed by atoms with van der Waals surface area (Å²) in [5.74, 6) is 0.959. The first-order valence-corrected chi connectivity index (χ1v) is 5.35. The summed E-state index contributed by atoms with van der Waals surface area (Å²) in [5.41, 5.74) is 2.27. The van der Waals surface area contributed by atoms with Crippen molar-refractivity contribution in [1.82, 2.24) is 19.9 Å². The molecule has 6 heteroatoms. The SMILES string of the molecule is O=CNc1nccnc1-c1nc2ccccc2[nH]1. The van der Waals surface area contributed by atoms with E-state index in [1.807, 2.05) is 24.3 Å². The Hall–Kier alpha value is -2.76. The van der Waals surface area contributed by atoms with Crippen LogP contribution in [0.15, 0.2) is 36.7 Å². The van der Waals surface area contributed by atoms with Crippen molar-refractivity contribution in [2.45, 2.75) is 0 Å². The van der Waals surface area contributed by atoms with Gasteiger partial charge in [0.15, 0.2) is 11.6 Å². The van der Waals surface area contributed by atoms with E-state index in [4.69, 9.17) is 0 Å². The zero-order chi connectivity index (χ0) is 12.4. The number of hydrogen-bond acceptors (Lipinski definition) is 4. The third-order valence-corrected chi connectivity index (χ3v) is 2.51. The lowest BCUT2D eigenvalue weighted by atomic mass is 10.3. The van der Waals surface area contributed by atoms with Crippen molar-refractivity contribution in [3.63, 3.8) is 0 Å². The number of benzene rings is 1. The molecule has 0 aliphatic rings. The molecule has 0 aliphatic heterocycles. The second-order valence-electron chi connectivity index (χ2n) is 3.62. The molecule has 0 saturated carbocycles. The van der Waals surface area contributed by atoms with Gasteiger partial charge >= 0.3 is 0 Å². The van der Waals surface area contributed by atoms with Gasteiger partial charge in [-0.2, -0.15) is 0 Å². The number of carbonyl (C=O) groups is 1. The minimum atomic E-state index is 0.381. The van der Waals surface area contributed by atoms with Crippen LogP contribution in [-0.4, -0.2) is 26.3 Å². The van der Waals surface area contributed by atoms with Crippen LogP contribution in [0, 0.1) is 0 Å². The molecule has 0 bridgehead atoms. The number of nitrogens with zero attached hydrogens (tertiary/aromatic N) is 3. The highest BCUT2D eigenvalue weighted by Crippen LogP contribution is 2.22. The Labute approximate surface area is 102 Å². The van der Waals surface area contributed by atoms with E-state index >= 15 is 0 Å². The van der Waals surface area contributed by atoms with Gasteiger partial charge in [0.1, 0.15) is 5.69 Å². The quantitative estimate of drug-likeness (QED) is 0.680. The average molecular weight is 239 g/mol. The second kappa shape index (κ2) is 4.25. The number of fused-ring (bicyclic) bond motifs is 1. The third-order valence-electron chi connectivity index (χ3n) is 2.51. The summed E-state index contributed by atoms with van der Waals surface area (Å²) in [6.07, 6.45) is 3.63. The maximum atomic E-state index is 10.5. The van der Waals surface area contributed by atoms with Gasteiger partial charge in [-0.25, -0.2) is 15.0 Å². The zero-order valence-corrected chi connectivity index (χ0v) is 9.29. The molecule has 3 aromatic rings. The van der Waals surface area contributed by atoms with Crippen LogP contribution in [0.3, 0.4) is 0 Å². The van der Waals surface area contributed by atoms with Gasteiger partial charge in [0.05, 0.1) is 11.0 Å². The van der Waals surface area contributed by atoms with Crippen LogP contribution >= 0.6 is 0 Å². The number of imidazole rings is 1. The maximum absolute atomic E-state index is 10.5. The van der Waals surface area contributed by atoms with E-state index in [0.29, 0.717) is 23.7 Å². The van der Waals surface area contributed by atoms with Crippen LogP contribution in [-0.2, 0) is 4.79 Å². The molecule has 18 heavy (non-hydrogen) atoms. The van der Waals surface area contributed by atoms with Crippen LogP contribution in [0.25, 0.3) is 22.6 Å². The van der Waals surface area contributed by atoms with Gasteiger partial charge in [-0.3, -0.25) is 4.79 Å². The number of amides is 1. The molecule has 0 aliphatic carbocycles. The summed E-state index contributed by atoms with van der Waals surface area (Å²) in [6.45, 7) is 0. The van der Waals surface area contributed by atoms with E-state index in [9.17, 15) is 4.79 Å². The Morgan fingerprint density at radius 3 is 2.83 bits per heavy atom. The zero-order valence-electron chi connectivity index (χ0n) is 9.29. The summed E-state index contributed by atoms with van der Waals surface area (Å²) in [7, 11) is 0. The molecular formula is C12H9N5O. The smallest absolute Gasteiger partial charge is 0.212 e. The van der Waals surface area contributed by atoms with Gasteiger partial charge in [-0.05, 0) is 12.1 Å². The molecule has 1 aromatic carbocycles. The molecular weight excluding hydrogens is 230 g/mol. The fourth-order valence-electron chi connectivity index (χ4n) is 1.74. The largest absolute Gasteiger partial charge is 0.337 e. The number of para-hydroxylation sites is 2. The first kappa shape index (κ1) is 10.4. The predicted octanol–water partition coefficient (Wildman–Crippen LogP) is 1.59. The van der Waals surface area contributed by atoms with Gasteiger partial charge in [-0.15, -0.1) is 0 Å². The Morgan fingerprint density at radius 1 is 1.17 bits per heavy atom. The Bertz CT molecular complexity index is 673. The number of rotatable bonds is 3. The lowest BCUT2D eigenvalue weighted by molar-refractivity contribution is -0.105. The van der Waals surface area contributed by atoms with E-state index in [1.165, 1.54) is 6.20 Å². The standard InChI is InChI=1S/C12H9N5O/c18-7-15-11-10(13-5-6-14-11)12-16-8-3-1-2-4-9(8)17-12/h1-7H,(H,16,17)(H,14,15,18). The Kier molecular flexibility index (Phi) is 2.45. The minimum absolute atomic E-state index is 0.381. The van der Waals surface area contributed by atoms with Crippen LogP contribution < -0.4 is 5.32 Å². The first-order valence-electron chi connectivity index (χ1n) is 5.35. The predicted molar refractivity (Wildman–Crippen MR) is 66.8 cm³/mol. The summed E-state index contributed by atoms with van der Waals surface area (Å²) < 4.78 is 0. The second-order valence-corrected chi connectivity index (χ2v) is 3.62. The highest BCUT2D eigenvalue weighted by molar-refractivity contribution is 5.83. The van der Waals surface area contributed by atoms with Crippen molar-refractivity contribution < 1.29 is 4.79 Å². The van der Waals surface area contributed by atoms with Crippen molar-refractivity contribution in [2.24, 2.45) is 0 Å². The van der Waals surface area contributed by atoms with Crippen LogP contribution in [0.5, 0.6) is 0 Å². The minimum Gasteiger partial charge on any atom is -0.337 e. The number of aromatic amines is 1. The van der Waals surface area contributed by atoms with E-state index < -0.39 is 0 Å². The molecule has 0 saturated heterocycles. The first-order chi connectivity index (χ1) is 8.88. The molecule has 6 nitrogen and oxygen atoms in total. The topological polar surface area (TPSA) is 83.6 Å². The number of anilines is 1. The molecule has 0 unspecified atom stereocenters. The molecule has 2 heterocycles. The molecule has 0 fully saturated rings. The average Bonchev–Trinajstić information content (AvgIpc) is 2.83. The summed E-state index contributed by atoms with van der Waals surface area (Å²) in [4.78, 5) is 26.3. The monoisotopic (exact) mass is 239 g/mol. The van der Waals surface area contributed by atoms with Crippen molar-refractivity contribution in [3.05, 3.63) is 36.7 Å². The highest BCUT2D eigenvalue weighted by atomic mass is 16.1. The van der Waals surface area contributed by atoms with Crippen LogP contribution in [0.2, 0.25) is 0 Å². The van der Waals surface area contributed by atoms with E-state index in [2.05, 4.69) is 25.3 Å². The highest BCUT2D eigenvalue weighted by Gasteiger charge is 2.11. The fraction of sp³-hybridized carbons (Fsp3) is 0. The fourth-order valence-corrected chi connectivity index (χ4v) is 1.74. The molecule has 2 N–H and O–H groups in total. The van der Waals surface area contributed by atoms with Gasteiger partial charge in [0, 0.05) is 12.4 Å². The molecule has 0 spiro atoms. The maximum Gasteiger partial charge on any atom is 0.212 e. The summed E-state index contributed by atoms with van der Waals surface area (Å²) in [5, 5.41) is 2.50. The van der Waals surface area contributed by atoms with Gasteiger partial charge in [0.2, 0.25) is 6.41 Å². The van der Waals surface area contributed by atoms with E-state index in [0.717, 1.165) is 11.0 Å². The number of H-pyrrole nitrogens is 1. The molecule has 3 rings (SSSR count). The van der Waals surface area contributed by atoms with Gasteiger partial charge in [0.25, 0.3) is 0 Å². The van der Waals surface area contributed by atoms with Crippen LogP contribution in [0.1, 0.15) is 0 Å². The normalized spacial score (nSPS) is 10.4. The molecule has 1 amide bonds. The van der Waals surface area contributed by atoms with Crippen molar-refractivity contribution in [2.75, 3.05) is 5.32 Å². The molecule has 88 valence electrons. The summed E-state index contributed by atoms with van der Waals surface area (Å²) in [6, 6.07) is 7.66. The third kappa shape index (κ3) is 1.69.